The van der Waals surface area contributed by atoms with Crippen LogP contribution >= 0.6 is 31.9 Å². The van der Waals surface area contributed by atoms with Crippen molar-refractivity contribution >= 4 is 43.7 Å². The molecule has 0 aromatic heterocycles. The Morgan fingerprint density at radius 2 is 1.73 bits per heavy atom. The quantitative estimate of drug-likeness (QED) is 0.472. The first kappa shape index (κ1) is 24.4. The molecule has 0 aliphatic heterocycles. The Hall–Kier alpha value is -1.86. The van der Waals surface area contributed by atoms with E-state index in [-0.39, 0.29) is 18.4 Å². The lowest BCUT2D eigenvalue weighted by Gasteiger charge is -2.28. The number of nitrogens with one attached hydrogen (secondary N) is 1. The van der Waals surface area contributed by atoms with Gasteiger partial charge in [0.05, 0.1) is 4.47 Å². The predicted octanol–water partition coefficient (Wildman–Crippen LogP) is 5.27. The summed E-state index contributed by atoms with van der Waals surface area (Å²) in [5, 5.41) is 2.79. The van der Waals surface area contributed by atoms with Crippen molar-refractivity contribution < 1.29 is 14.3 Å². The number of nitrogens with zero attached hydrogens (tertiary/aromatic N) is 1. The highest BCUT2D eigenvalue weighted by atomic mass is 79.9. The van der Waals surface area contributed by atoms with Gasteiger partial charge in [0.1, 0.15) is 11.8 Å². The third-order valence-electron chi connectivity index (χ3n) is 4.76. The molecule has 7 heteroatoms. The Morgan fingerprint density at radius 3 is 2.30 bits per heavy atom. The average Bonchev–Trinajstić information content (AvgIpc) is 2.71. The molecule has 1 atom stereocenters. The van der Waals surface area contributed by atoms with Crippen molar-refractivity contribution in [3.05, 3.63) is 62.5 Å². The molecule has 0 spiro atoms. The van der Waals surface area contributed by atoms with Crippen LogP contribution in [0.3, 0.4) is 0 Å². The van der Waals surface area contributed by atoms with Crippen LogP contribution in [-0.4, -0.2) is 35.9 Å². The summed E-state index contributed by atoms with van der Waals surface area (Å²) in [6, 6.07) is 12.9. The third-order valence-corrected chi connectivity index (χ3v) is 5.91. The molecule has 2 aromatic carbocycles. The monoisotopic (exact) mass is 538 g/mol. The second-order valence-corrected chi connectivity index (χ2v) is 9.12. The van der Waals surface area contributed by atoms with E-state index in [2.05, 4.69) is 51.0 Å². The number of hydrogen-bond acceptors (Lipinski definition) is 3. The Morgan fingerprint density at radius 1 is 1.07 bits per heavy atom. The summed E-state index contributed by atoms with van der Waals surface area (Å²) in [6.45, 7) is 8.50. The summed E-state index contributed by atoms with van der Waals surface area (Å²) in [5.74, 6) is 0.556. The summed E-state index contributed by atoms with van der Waals surface area (Å²) >= 11 is 6.93. The maximum Gasteiger partial charge on any atom is 0.261 e. The third kappa shape index (κ3) is 6.84. The molecule has 0 heterocycles. The molecule has 30 heavy (non-hydrogen) atoms. The first-order valence-electron chi connectivity index (χ1n) is 9.96. The number of ether oxygens (including phenoxy) is 1. The van der Waals surface area contributed by atoms with Gasteiger partial charge in [0.25, 0.3) is 5.91 Å². The average molecular weight is 540 g/mol. The van der Waals surface area contributed by atoms with Crippen molar-refractivity contribution in [2.24, 2.45) is 0 Å². The standard InChI is InChI=1S/C23H28Br2N2O3/c1-5-26-23(29)16(4)27(13-17-6-9-19(24)10-7-17)22(28)14-30-21-11-8-18(15(2)3)12-20(21)25/h6-12,15-16H,5,13-14H2,1-4H3,(H,26,29). The van der Waals surface area contributed by atoms with Gasteiger partial charge in [-0.25, -0.2) is 0 Å². The van der Waals surface area contributed by atoms with E-state index in [0.29, 0.717) is 24.8 Å². The summed E-state index contributed by atoms with van der Waals surface area (Å²) in [4.78, 5) is 27.0. The van der Waals surface area contributed by atoms with E-state index >= 15 is 0 Å². The zero-order chi connectivity index (χ0) is 22.3. The Labute approximate surface area is 195 Å². The molecule has 2 rings (SSSR count). The molecule has 0 saturated carbocycles. The molecule has 1 unspecified atom stereocenters. The molecule has 162 valence electrons. The molecule has 5 nitrogen and oxygen atoms in total. The fraction of sp³-hybridized carbons (Fsp3) is 0.391. The van der Waals surface area contributed by atoms with E-state index < -0.39 is 6.04 Å². The van der Waals surface area contributed by atoms with E-state index in [1.165, 1.54) is 5.56 Å². The van der Waals surface area contributed by atoms with Crippen molar-refractivity contribution in [2.75, 3.05) is 13.2 Å². The number of carbonyl (C=O) groups excluding carboxylic acids is 2. The zero-order valence-electron chi connectivity index (χ0n) is 17.7. The van der Waals surface area contributed by atoms with Crippen LogP contribution in [0.1, 0.15) is 44.7 Å². The Kier molecular flexibility index (Phi) is 9.37. The van der Waals surface area contributed by atoms with Gasteiger partial charge in [0.2, 0.25) is 5.91 Å². The highest BCUT2D eigenvalue weighted by Crippen LogP contribution is 2.29. The van der Waals surface area contributed by atoms with Crippen LogP contribution < -0.4 is 10.1 Å². The second kappa shape index (κ2) is 11.5. The molecular formula is C23H28Br2N2O3. The highest BCUT2D eigenvalue weighted by molar-refractivity contribution is 9.10. The molecule has 2 amide bonds. The predicted molar refractivity (Wildman–Crippen MR) is 127 cm³/mol. The number of benzene rings is 2. The number of carbonyl (C=O) groups is 2. The maximum atomic E-state index is 13.0. The van der Waals surface area contributed by atoms with E-state index in [1.807, 2.05) is 49.4 Å². The highest BCUT2D eigenvalue weighted by Gasteiger charge is 2.26. The summed E-state index contributed by atoms with van der Waals surface area (Å²) in [6.07, 6.45) is 0. The van der Waals surface area contributed by atoms with Gasteiger partial charge in [-0.2, -0.15) is 0 Å². The number of likely N-dealkylation sites (N-methyl/N-ethyl adjacent to an activating group) is 1. The first-order valence-corrected chi connectivity index (χ1v) is 11.5. The Bertz CT molecular complexity index is 869. The first-order chi connectivity index (χ1) is 14.2. The minimum absolute atomic E-state index is 0.153. The topological polar surface area (TPSA) is 58.6 Å². The van der Waals surface area contributed by atoms with Crippen LogP contribution in [0.25, 0.3) is 0 Å². The van der Waals surface area contributed by atoms with Crippen LogP contribution in [0.15, 0.2) is 51.4 Å². The van der Waals surface area contributed by atoms with Crippen molar-refractivity contribution in [3.8, 4) is 5.75 Å². The fourth-order valence-corrected chi connectivity index (χ4v) is 3.68. The van der Waals surface area contributed by atoms with Gasteiger partial charge in [0.15, 0.2) is 6.61 Å². The minimum Gasteiger partial charge on any atom is -0.483 e. The van der Waals surface area contributed by atoms with Crippen molar-refractivity contribution in [1.82, 2.24) is 10.2 Å². The normalized spacial score (nSPS) is 11.8. The van der Waals surface area contributed by atoms with Gasteiger partial charge >= 0.3 is 0 Å². The number of halogens is 2. The van der Waals surface area contributed by atoms with Gasteiger partial charge in [-0.1, -0.05) is 48.0 Å². The van der Waals surface area contributed by atoms with Crippen molar-refractivity contribution in [1.29, 1.82) is 0 Å². The molecule has 0 bridgehead atoms. The van der Waals surface area contributed by atoms with E-state index in [1.54, 1.807) is 11.8 Å². The number of rotatable bonds is 9. The van der Waals surface area contributed by atoms with Crippen LogP contribution in [0.5, 0.6) is 5.75 Å². The van der Waals surface area contributed by atoms with Crippen LogP contribution in [0.4, 0.5) is 0 Å². The van der Waals surface area contributed by atoms with E-state index in [4.69, 9.17) is 4.74 Å². The molecule has 0 radical (unpaired) electrons. The fourth-order valence-electron chi connectivity index (χ4n) is 2.91. The van der Waals surface area contributed by atoms with Gasteiger partial charge in [-0.15, -0.1) is 0 Å². The summed E-state index contributed by atoms with van der Waals surface area (Å²) in [7, 11) is 0. The molecule has 0 aliphatic rings. The van der Waals surface area contributed by atoms with Crippen LogP contribution in [0, 0.1) is 0 Å². The molecule has 2 aromatic rings. The van der Waals surface area contributed by atoms with Gasteiger partial charge in [-0.3, -0.25) is 9.59 Å². The van der Waals surface area contributed by atoms with Crippen molar-refractivity contribution in [3.63, 3.8) is 0 Å². The molecule has 0 fully saturated rings. The smallest absolute Gasteiger partial charge is 0.261 e. The number of hydrogen-bond donors (Lipinski definition) is 1. The zero-order valence-corrected chi connectivity index (χ0v) is 20.9. The number of amides is 2. The Balaban J connectivity index is 2.15. The van der Waals surface area contributed by atoms with Gasteiger partial charge < -0.3 is 15.0 Å². The van der Waals surface area contributed by atoms with E-state index in [0.717, 1.165) is 14.5 Å². The van der Waals surface area contributed by atoms with E-state index in [9.17, 15) is 9.59 Å². The summed E-state index contributed by atoms with van der Waals surface area (Å²) in [5.41, 5.74) is 2.12. The lowest BCUT2D eigenvalue weighted by atomic mass is 10.0. The van der Waals surface area contributed by atoms with Crippen molar-refractivity contribution in [2.45, 2.75) is 46.2 Å². The SMILES string of the molecule is CCNC(=O)C(C)N(Cc1ccc(Br)cc1)C(=O)COc1ccc(C(C)C)cc1Br. The van der Waals surface area contributed by atoms with Gasteiger partial charge in [-0.05, 0) is 71.1 Å². The molecular weight excluding hydrogens is 512 g/mol. The van der Waals surface area contributed by atoms with Crippen LogP contribution in [0.2, 0.25) is 0 Å². The molecule has 0 aliphatic carbocycles. The molecule has 1 N–H and O–H groups in total. The van der Waals surface area contributed by atoms with Gasteiger partial charge in [0, 0.05) is 17.6 Å². The lowest BCUT2D eigenvalue weighted by Crippen LogP contribution is -2.49. The van der Waals surface area contributed by atoms with Crippen LogP contribution in [-0.2, 0) is 16.1 Å². The summed E-state index contributed by atoms with van der Waals surface area (Å²) < 4.78 is 7.54. The maximum absolute atomic E-state index is 13.0. The second-order valence-electron chi connectivity index (χ2n) is 7.35. The minimum atomic E-state index is -0.614. The lowest BCUT2D eigenvalue weighted by molar-refractivity contribution is -0.142. The molecule has 0 saturated heterocycles. The largest absolute Gasteiger partial charge is 0.483 e.